The lowest BCUT2D eigenvalue weighted by atomic mass is 10.2. The number of nitrogens with two attached hydrogens (primary N) is 1. The third-order valence-corrected chi connectivity index (χ3v) is 2.61. The first kappa shape index (κ1) is 11.9. The zero-order chi connectivity index (χ0) is 12.3. The molecule has 1 heterocycles. The van der Waals surface area contributed by atoms with Crippen LogP contribution in [0.5, 0.6) is 0 Å². The molecule has 0 aliphatic rings. The third-order valence-electron chi connectivity index (χ3n) is 2.38. The van der Waals surface area contributed by atoms with E-state index in [0.717, 1.165) is 11.4 Å². The van der Waals surface area contributed by atoms with E-state index < -0.39 is 0 Å². The van der Waals surface area contributed by atoms with Crippen molar-refractivity contribution in [2.24, 2.45) is 5.73 Å². The molecule has 2 aromatic rings. The molecule has 1 atom stereocenters. The van der Waals surface area contributed by atoms with Gasteiger partial charge < -0.3 is 11.1 Å². The maximum absolute atomic E-state index is 5.99. The van der Waals surface area contributed by atoms with Gasteiger partial charge in [-0.25, -0.2) is 9.67 Å². The molecule has 5 nitrogen and oxygen atoms in total. The maximum atomic E-state index is 5.99. The van der Waals surface area contributed by atoms with E-state index in [-0.39, 0.29) is 6.04 Å². The standard InChI is InChI=1S/C11H14ClN5/c1-8(5-13)16-10-4-9(12)2-3-11(10)17-7-14-6-15-17/h2-4,6-8,16H,5,13H2,1H3. The number of benzene rings is 1. The molecule has 1 aromatic carbocycles. The van der Waals surface area contributed by atoms with Gasteiger partial charge in [-0.3, -0.25) is 0 Å². The first-order chi connectivity index (χ1) is 8.20. The van der Waals surface area contributed by atoms with Crippen LogP contribution in [0.4, 0.5) is 5.69 Å². The Hall–Kier alpha value is -1.59. The second kappa shape index (κ2) is 5.16. The maximum Gasteiger partial charge on any atom is 0.138 e. The monoisotopic (exact) mass is 251 g/mol. The molecule has 1 unspecified atom stereocenters. The molecule has 0 saturated carbocycles. The van der Waals surface area contributed by atoms with E-state index in [1.807, 2.05) is 25.1 Å². The summed E-state index contributed by atoms with van der Waals surface area (Å²) in [4.78, 5) is 3.93. The van der Waals surface area contributed by atoms with Crippen LogP contribution < -0.4 is 11.1 Å². The average Bonchev–Trinajstić information content (AvgIpc) is 2.82. The fourth-order valence-corrected chi connectivity index (χ4v) is 1.65. The molecule has 0 radical (unpaired) electrons. The van der Waals surface area contributed by atoms with Crippen molar-refractivity contribution in [2.75, 3.05) is 11.9 Å². The first-order valence-corrected chi connectivity index (χ1v) is 5.69. The second-order valence-corrected chi connectivity index (χ2v) is 4.22. The van der Waals surface area contributed by atoms with Crippen molar-refractivity contribution in [3.05, 3.63) is 35.9 Å². The number of nitrogens with one attached hydrogen (secondary N) is 1. The van der Waals surface area contributed by atoms with Gasteiger partial charge in [0, 0.05) is 17.6 Å². The summed E-state index contributed by atoms with van der Waals surface area (Å²) >= 11 is 5.99. The Morgan fingerprint density at radius 3 is 3.00 bits per heavy atom. The van der Waals surface area contributed by atoms with Crippen LogP contribution in [0, 0.1) is 0 Å². The summed E-state index contributed by atoms with van der Waals surface area (Å²) in [5, 5.41) is 8.06. The lowest BCUT2D eigenvalue weighted by molar-refractivity contribution is 0.797. The summed E-state index contributed by atoms with van der Waals surface area (Å²) < 4.78 is 1.68. The predicted octanol–water partition coefficient (Wildman–Crippen LogP) is 1.68. The predicted molar refractivity (Wildman–Crippen MR) is 68.5 cm³/mol. The topological polar surface area (TPSA) is 68.8 Å². The van der Waals surface area contributed by atoms with E-state index in [4.69, 9.17) is 17.3 Å². The Morgan fingerprint density at radius 1 is 1.53 bits per heavy atom. The molecule has 1 aromatic heterocycles. The van der Waals surface area contributed by atoms with E-state index in [9.17, 15) is 0 Å². The summed E-state index contributed by atoms with van der Waals surface area (Å²) in [6, 6.07) is 5.72. The highest BCUT2D eigenvalue weighted by atomic mass is 35.5. The first-order valence-electron chi connectivity index (χ1n) is 5.32. The van der Waals surface area contributed by atoms with Gasteiger partial charge in [0.1, 0.15) is 12.7 Å². The van der Waals surface area contributed by atoms with Crippen molar-refractivity contribution in [2.45, 2.75) is 13.0 Å². The number of aromatic nitrogens is 3. The SMILES string of the molecule is CC(CN)Nc1cc(Cl)ccc1-n1cncn1. The lowest BCUT2D eigenvalue weighted by Crippen LogP contribution is -2.25. The molecule has 6 heteroatoms. The molecule has 2 rings (SSSR count). The third kappa shape index (κ3) is 2.75. The smallest absolute Gasteiger partial charge is 0.138 e. The molecule has 0 aliphatic carbocycles. The van der Waals surface area contributed by atoms with Gasteiger partial charge in [-0.2, -0.15) is 5.10 Å². The normalized spacial score (nSPS) is 12.4. The summed E-state index contributed by atoms with van der Waals surface area (Å²) in [5.74, 6) is 0. The summed E-state index contributed by atoms with van der Waals surface area (Å²) in [6.07, 6.45) is 3.13. The Bertz CT molecular complexity index is 483. The van der Waals surface area contributed by atoms with Gasteiger partial charge in [-0.15, -0.1) is 0 Å². The molecule has 17 heavy (non-hydrogen) atoms. The lowest BCUT2D eigenvalue weighted by Gasteiger charge is -2.16. The zero-order valence-electron chi connectivity index (χ0n) is 9.47. The van der Waals surface area contributed by atoms with E-state index in [0.29, 0.717) is 11.6 Å². The molecule has 0 amide bonds. The molecule has 0 spiro atoms. The van der Waals surface area contributed by atoms with Gasteiger partial charge in [-0.05, 0) is 25.1 Å². The van der Waals surface area contributed by atoms with Gasteiger partial charge in [0.05, 0.1) is 11.4 Å². The Morgan fingerprint density at radius 2 is 2.35 bits per heavy atom. The van der Waals surface area contributed by atoms with E-state index >= 15 is 0 Å². The van der Waals surface area contributed by atoms with Crippen LogP contribution in [-0.4, -0.2) is 27.4 Å². The fourth-order valence-electron chi connectivity index (χ4n) is 1.48. The summed E-state index contributed by atoms with van der Waals surface area (Å²) in [6.45, 7) is 2.55. The minimum atomic E-state index is 0.163. The molecular weight excluding hydrogens is 238 g/mol. The van der Waals surface area contributed by atoms with Crippen molar-refractivity contribution in [3.63, 3.8) is 0 Å². The number of hydrogen-bond donors (Lipinski definition) is 2. The summed E-state index contributed by atoms with van der Waals surface area (Å²) in [7, 11) is 0. The largest absolute Gasteiger partial charge is 0.380 e. The van der Waals surface area contributed by atoms with Crippen LogP contribution in [0.1, 0.15) is 6.92 Å². The van der Waals surface area contributed by atoms with E-state index in [1.165, 1.54) is 6.33 Å². The quantitative estimate of drug-likeness (QED) is 0.868. The van der Waals surface area contributed by atoms with Gasteiger partial charge in [0.15, 0.2) is 0 Å². The van der Waals surface area contributed by atoms with Crippen molar-refractivity contribution < 1.29 is 0 Å². The van der Waals surface area contributed by atoms with Crippen LogP contribution in [0.25, 0.3) is 5.69 Å². The minimum absolute atomic E-state index is 0.163. The van der Waals surface area contributed by atoms with Crippen LogP contribution in [0.2, 0.25) is 5.02 Å². The molecule has 3 N–H and O–H groups in total. The molecule has 0 fully saturated rings. The Labute approximate surface area is 105 Å². The van der Waals surface area contributed by atoms with Crippen LogP contribution >= 0.6 is 11.6 Å². The summed E-state index contributed by atoms with van der Waals surface area (Å²) in [5.41, 5.74) is 7.38. The molecule has 90 valence electrons. The van der Waals surface area contributed by atoms with Gasteiger partial charge in [-0.1, -0.05) is 11.6 Å². The van der Waals surface area contributed by atoms with Gasteiger partial charge >= 0.3 is 0 Å². The van der Waals surface area contributed by atoms with Crippen molar-refractivity contribution >= 4 is 17.3 Å². The van der Waals surface area contributed by atoms with Crippen LogP contribution in [0.3, 0.4) is 0 Å². The fraction of sp³-hybridized carbons (Fsp3) is 0.273. The van der Waals surface area contributed by atoms with E-state index in [2.05, 4.69) is 15.4 Å². The highest BCUT2D eigenvalue weighted by Gasteiger charge is 2.08. The highest BCUT2D eigenvalue weighted by Crippen LogP contribution is 2.24. The number of rotatable bonds is 4. The van der Waals surface area contributed by atoms with E-state index in [1.54, 1.807) is 11.0 Å². The number of hydrogen-bond acceptors (Lipinski definition) is 4. The van der Waals surface area contributed by atoms with Crippen molar-refractivity contribution in [1.82, 2.24) is 14.8 Å². The number of nitrogens with zero attached hydrogens (tertiary/aromatic N) is 3. The molecule has 0 aliphatic heterocycles. The van der Waals surface area contributed by atoms with Crippen LogP contribution in [0.15, 0.2) is 30.9 Å². The number of anilines is 1. The van der Waals surface area contributed by atoms with Gasteiger partial charge in [0.2, 0.25) is 0 Å². The number of halogens is 1. The molecule has 0 saturated heterocycles. The molecular formula is C11H14ClN5. The average molecular weight is 252 g/mol. The van der Waals surface area contributed by atoms with Gasteiger partial charge in [0.25, 0.3) is 0 Å². The highest BCUT2D eigenvalue weighted by molar-refractivity contribution is 6.31. The Kier molecular flexibility index (Phi) is 3.61. The molecule has 0 bridgehead atoms. The van der Waals surface area contributed by atoms with Crippen molar-refractivity contribution in [1.29, 1.82) is 0 Å². The Balaban J connectivity index is 2.38. The minimum Gasteiger partial charge on any atom is -0.380 e. The second-order valence-electron chi connectivity index (χ2n) is 3.78. The van der Waals surface area contributed by atoms with Crippen LogP contribution in [-0.2, 0) is 0 Å². The zero-order valence-corrected chi connectivity index (χ0v) is 10.2. The van der Waals surface area contributed by atoms with Crippen molar-refractivity contribution in [3.8, 4) is 5.69 Å².